The maximum Gasteiger partial charge on any atom is 0.184 e. The Morgan fingerprint density at radius 3 is 2.53 bits per heavy atom. The second-order valence-corrected chi connectivity index (χ2v) is 3.29. The van der Waals surface area contributed by atoms with Crippen molar-refractivity contribution in [3.63, 3.8) is 0 Å². The van der Waals surface area contributed by atoms with Crippen molar-refractivity contribution in [2.45, 2.75) is 26.2 Å². The average Bonchev–Trinajstić information content (AvgIpc) is 2.20. The van der Waals surface area contributed by atoms with E-state index < -0.39 is 0 Å². The third kappa shape index (κ3) is 6.13. The van der Waals surface area contributed by atoms with Crippen molar-refractivity contribution in [3.05, 3.63) is 35.9 Å². The van der Waals surface area contributed by atoms with Crippen LogP contribution in [-0.2, 0) is 11.2 Å². The molecule has 0 heterocycles. The topological polar surface area (TPSA) is 33.1 Å². The molecule has 0 saturated carbocycles. The van der Waals surface area contributed by atoms with Gasteiger partial charge in [-0.15, -0.1) is 12.4 Å². The van der Waals surface area contributed by atoms with Gasteiger partial charge in [0.15, 0.2) is 5.90 Å². The molecule has 0 aliphatic heterocycles. The standard InChI is InChI=1S/C12H17NO.ClH/c1-2-3-9-14-12(13)10-11-7-5-4-6-8-11;/h4-8,13H,2-3,9-10H2,1H3;1H. The van der Waals surface area contributed by atoms with E-state index in [4.69, 9.17) is 10.1 Å². The maximum atomic E-state index is 7.58. The van der Waals surface area contributed by atoms with Crippen molar-refractivity contribution < 1.29 is 4.74 Å². The summed E-state index contributed by atoms with van der Waals surface area (Å²) in [5.41, 5.74) is 1.13. The minimum atomic E-state index is 0. The zero-order chi connectivity index (χ0) is 10.2. The Balaban J connectivity index is 0.00000196. The molecule has 0 spiro atoms. The number of hydrogen-bond acceptors (Lipinski definition) is 2. The number of benzene rings is 1. The number of unbranched alkanes of at least 4 members (excludes halogenated alkanes) is 1. The van der Waals surface area contributed by atoms with Gasteiger partial charge in [0.2, 0.25) is 0 Å². The summed E-state index contributed by atoms with van der Waals surface area (Å²) in [6.45, 7) is 2.78. The van der Waals surface area contributed by atoms with Crippen LogP contribution in [0.4, 0.5) is 0 Å². The Kier molecular flexibility index (Phi) is 7.74. The summed E-state index contributed by atoms with van der Waals surface area (Å²) in [6, 6.07) is 9.96. The summed E-state index contributed by atoms with van der Waals surface area (Å²) in [5.74, 6) is 0.365. The molecule has 84 valence electrons. The Morgan fingerprint density at radius 2 is 1.93 bits per heavy atom. The first-order chi connectivity index (χ1) is 6.83. The van der Waals surface area contributed by atoms with Crippen LogP contribution < -0.4 is 0 Å². The second-order valence-electron chi connectivity index (χ2n) is 3.29. The molecule has 1 N–H and O–H groups in total. The molecule has 0 aliphatic carbocycles. The predicted molar refractivity (Wildman–Crippen MR) is 66.0 cm³/mol. The number of nitrogens with one attached hydrogen (secondary N) is 1. The van der Waals surface area contributed by atoms with E-state index in [1.54, 1.807) is 0 Å². The van der Waals surface area contributed by atoms with Gasteiger partial charge < -0.3 is 4.74 Å². The van der Waals surface area contributed by atoms with Gasteiger partial charge in [0.25, 0.3) is 0 Å². The van der Waals surface area contributed by atoms with Gasteiger partial charge >= 0.3 is 0 Å². The van der Waals surface area contributed by atoms with E-state index in [1.165, 1.54) is 0 Å². The Hall–Kier alpha value is -1.02. The molecule has 0 atom stereocenters. The normalized spacial score (nSPS) is 9.13. The quantitative estimate of drug-likeness (QED) is 0.467. The zero-order valence-corrected chi connectivity index (χ0v) is 9.85. The fourth-order valence-electron chi connectivity index (χ4n) is 1.17. The van der Waals surface area contributed by atoms with E-state index in [9.17, 15) is 0 Å². The lowest BCUT2D eigenvalue weighted by Crippen LogP contribution is -2.07. The summed E-state index contributed by atoms with van der Waals surface area (Å²) >= 11 is 0. The van der Waals surface area contributed by atoms with Crippen LogP contribution in [0.25, 0.3) is 0 Å². The van der Waals surface area contributed by atoms with E-state index >= 15 is 0 Å². The smallest absolute Gasteiger partial charge is 0.184 e. The first kappa shape index (κ1) is 14.0. The van der Waals surface area contributed by atoms with E-state index in [2.05, 4.69) is 6.92 Å². The van der Waals surface area contributed by atoms with Crippen LogP contribution in [0.15, 0.2) is 30.3 Å². The minimum Gasteiger partial charge on any atom is -0.481 e. The van der Waals surface area contributed by atoms with Gasteiger partial charge in [-0.05, 0) is 12.0 Å². The Labute approximate surface area is 97.6 Å². The molecule has 15 heavy (non-hydrogen) atoms. The van der Waals surface area contributed by atoms with Crippen molar-refractivity contribution in [2.24, 2.45) is 0 Å². The van der Waals surface area contributed by atoms with Gasteiger partial charge in [-0.2, -0.15) is 0 Å². The molecule has 0 bridgehead atoms. The molecule has 1 aromatic carbocycles. The molecule has 0 unspecified atom stereocenters. The molecule has 0 fully saturated rings. The number of rotatable bonds is 5. The van der Waals surface area contributed by atoms with Crippen LogP contribution in [0.5, 0.6) is 0 Å². The van der Waals surface area contributed by atoms with Crippen LogP contribution >= 0.6 is 12.4 Å². The Morgan fingerprint density at radius 1 is 1.27 bits per heavy atom. The van der Waals surface area contributed by atoms with E-state index in [1.807, 2.05) is 30.3 Å². The van der Waals surface area contributed by atoms with Crippen LogP contribution in [0.2, 0.25) is 0 Å². The lowest BCUT2D eigenvalue weighted by Gasteiger charge is -2.06. The summed E-state index contributed by atoms with van der Waals surface area (Å²) in [4.78, 5) is 0. The monoisotopic (exact) mass is 227 g/mol. The molecule has 0 amide bonds. The van der Waals surface area contributed by atoms with Crippen LogP contribution in [-0.4, -0.2) is 12.5 Å². The number of hydrogen-bond donors (Lipinski definition) is 1. The van der Waals surface area contributed by atoms with Crippen LogP contribution in [0.3, 0.4) is 0 Å². The summed E-state index contributed by atoms with van der Waals surface area (Å²) in [5, 5.41) is 7.58. The van der Waals surface area contributed by atoms with Gasteiger partial charge in [0.1, 0.15) is 0 Å². The van der Waals surface area contributed by atoms with Gasteiger partial charge in [0.05, 0.1) is 6.61 Å². The molecular weight excluding hydrogens is 210 g/mol. The predicted octanol–water partition coefficient (Wildman–Crippen LogP) is 3.44. The summed E-state index contributed by atoms with van der Waals surface area (Å²) in [6.07, 6.45) is 2.74. The average molecular weight is 228 g/mol. The van der Waals surface area contributed by atoms with Crippen molar-refractivity contribution in [1.82, 2.24) is 0 Å². The van der Waals surface area contributed by atoms with Gasteiger partial charge in [-0.3, -0.25) is 5.41 Å². The molecule has 0 aromatic heterocycles. The number of halogens is 1. The van der Waals surface area contributed by atoms with Crippen molar-refractivity contribution >= 4 is 18.3 Å². The number of ether oxygens (including phenoxy) is 1. The molecule has 0 saturated heterocycles. The highest BCUT2D eigenvalue weighted by Gasteiger charge is 1.98. The summed E-state index contributed by atoms with van der Waals surface area (Å²) in [7, 11) is 0. The molecule has 0 radical (unpaired) electrons. The highest BCUT2D eigenvalue weighted by atomic mass is 35.5. The van der Waals surface area contributed by atoms with Crippen molar-refractivity contribution in [2.75, 3.05) is 6.61 Å². The molecule has 1 rings (SSSR count). The van der Waals surface area contributed by atoms with Gasteiger partial charge in [0, 0.05) is 6.42 Å². The van der Waals surface area contributed by atoms with Crippen LogP contribution in [0.1, 0.15) is 25.3 Å². The molecule has 3 heteroatoms. The molecule has 1 aromatic rings. The zero-order valence-electron chi connectivity index (χ0n) is 9.03. The minimum absolute atomic E-state index is 0. The molecule has 2 nitrogen and oxygen atoms in total. The third-order valence-electron chi connectivity index (χ3n) is 1.98. The van der Waals surface area contributed by atoms with Gasteiger partial charge in [-0.25, -0.2) is 0 Å². The molecule has 0 aliphatic rings. The van der Waals surface area contributed by atoms with Crippen molar-refractivity contribution in [1.29, 1.82) is 5.41 Å². The van der Waals surface area contributed by atoms with Crippen molar-refractivity contribution in [3.8, 4) is 0 Å². The summed E-state index contributed by atoms with van der Waals surface area (Å²) < 4.78 is 5.27. The highest BCUT2D eigenvalue weighted by Crippen LogP contribution is 2.01. The fourth-order valence-corrected chi connectivity index (χ4v) is 1.17. The highest BCUT2D eigenvalue weighted by molar-refractivity contribution is 5.85. The first-order valence-corrected chi connectivity index (χ1v) is 5.07. The first-order valence-electron chi connectivity index (χ1n) is 5.07. The third-order valence-corrected chi connectivity index (χ3v) is 1.98. The largest absolute Gasteiger partial charge is 0.481 e. The fraction of sp³-hybridized carbons (Fsp3) is 0.417. The van der Waals surface area contributed by atoms with E-state index in [-0.39, 0.29) is 12.4 Å². The Bertz CT molecular complexity index is 274. The van der Waals surface area contributed by atoms with E-state index in [0.717, 1.165) is 18.4 Å². The molecular formula is C12H18ClNO. The van der Waals surface area contributed by atoms with E-state index in [0.29, 0.717) is 18.9 Å². The maximum absolute atomic E-state index is 7.58. The lowest BCUT2D eigenvalue weighted by atomic mass is 10.1. The lowest BCUT2D eigenvalue weighted by molar-refractivity contribution is 0.287. The van der Waals surface area contributed by atoms with Crippen LogP contribution in [0, 0.1) is 5.41 Å². The van der Waals surface area contributed by atoms with Gasteiger partial charge in [-0.1, -0.05) is 43.7 Å². The SMILES string of the molecule is CCCCOC(=N)Cc1ccccc1.Cl. The second kappa shape index (κ2) is 8.30.